The molecule has 0 amide bonds. The molecule has 0 heterocycles. The first-order chi connectivity index (χ1) is 27.3. The van der Waals surface area contributed by atoms with Crippen LogP contribution in [0.3, 0.4) is 0 Å². The summed E-state index contributed by atoms with van der Waals surface area (Å²) in [5.41, 5.74) is 13.0. The number of fused-ring (bicyclic) bond motifs is 4. The Morgan fingerprint density at radius 3 is 1.47 bits per heavy atom. The zero-order valence-corrected chi connectivity index (χ0v) is 30.3. The highest BCUT2D eigenvalue weighted by Gasteiger charge is 2.19. The predicted molar refractivity (Wildman–Crippen MR) is 235 cm³/mol. The second-order valence-electron chi connectivity index (χ2n) is 14.1. The number of anilines is 3. The van der Waals surface area contributed by atoms with Gasteiger partial charge >= 0.3 is 0 Å². The van der Waals surface area contributed by atoms with E-state index in [9.17, 15) is 0 Å². The smallest absolute Gasteiger partial charge is 0.0540 e. The third-order valence-corrected chi connectivity index (χ3v) is 10.9. The fourth-order valence-electron chi connectivity index (χ4n) is 8.17. The zero-order chi connectivity index (χ0) is 36.6. The van der Waals surface area contributed by atoms with Gasteiger partial charge in [0.2, 0.25) is 0 Å². The maximum absolute atomic E-state index is 2.42. The highest BCUT2D eigenvalue weighted by Crippen LogP contribution is 2.44. The number of hydrogen-bond acceptors (Lipinski definition) is 1. The van der Waals surface area contributed by atoms with E-state index in [0.29, 0.717) is 0 Å². The van der Waals surface area contributed by atoms with Gasteiger partial charge in [-0.15, -0.1) is 0 Å². The largest absolute Gasteiger partial charge is 0.310 e. The lowest BCUT2D eigenvalue weighted by Crippen LogP contribution is -2.11. The van der Waals surface area contributed by atoms with Crippen LogP contribution in [0.4, 0.5) is 17.1 Å². The number of nitrogens with zero attached hydrogens (tertiary/aromatic N) is 1. The minimum atomic E-state index is 1.10. The molecule has 10 aromatic rings. The maximum atomic E-state index is 2.42. The van der Waals surface area contributed by atoms with E-state index in [4.69, 9.17) is 0 Å². The molecule has 0 N–H and O–H groups in total. The van der Waals surface area contributed by atoms with Crippen LogP contribution in [0.25, 0.3) is 76.8 Å². The Balaban J connectivity index is 1.13. The number of benzene rings is 10. The molecule has 1 heteroatoms. The third-order valence-electron chi connectivity index (χ3n) is 10.9. The van der Waals surface area contributed by atoms with E-state index in [0.717, 1.165) is 17.1 Å². The lowest BCUT2D eigenvalue weighted by Gasteiger charge is -2.28. The monoisotopic (exact) mass is 699 g/mol. The topological polar surface area (TPSA) is 3.24 Å². The Hall–Kier alpha value is -7.22. The van der Waals surface area contributed by atoms with E-state index in [1.807, 2.05) is 0 Å². The van der Waals surface area contributed by atoms with Crippen LogP contribution in [0.2, 0.25) is 0 Å². The van der Waals surface area contributed by atoms with E-state index in [1.165, 1.54) is 76.8 Å². The normalized spacial score (nSPS) is 11.3. The SMILES string of the molecule is c1ccc(-c2ccc(-c3ccc(N(c4ccc(-c5cc6ccccc6c6ccccc56)cc4)c4cccc5ccccc45)cc3-c3ccccc3)cc2)cc1. The molecule has 0 saturated carbocycles. The summed E-state index contributed by atoms with van der Waals surface area (Å²) in [6.07, 6.45) is 0. The molecule has 258 valence electrons. The van der Waals surface area contributed by atoms with E-state index in [-0.39, 0.29) is 0 Å². The van der Waals surface area contributed by atoms with Crippen LogP contribution in [-0.4, -0.2) is 0 Å². The average Bonchev–Trinajstić information content (AvgIpc) is 3.27. The minimum absolute atomic E-state index is 1.10. The van der Waals surface area contributed by atoms with Gasteiger partial charge in [0.25, 0.3) is 0 Å². The lowest BCUT2D eigenvalue weighted by molar-refractivity contribution is 1.30. The first kappa shape index (κ1) is 32.4. The third kappa shape index (κ3) is 6.02. The molecule has 10 rings (SSSR count). The van der Waals surface area contributed by atoms with Gasteiger partial charge in [0, 0.05) is 16.8 Å². The molecule has 55 heavy (non-hydrogen) atoms. The summed E-state index contributed by atoms with van der Waals surface area (Å²) in [5, 5.41) is 7.49. The second-order valence-corrected chi connectivity index (χ2v) is 14.1. The number of hydrogen-bond donors (Lipinski definition) is 0. The van der Waals surface area contributed by atoms with Crippen LogP contribution in [0, 0.1) is 0 Å². The molecule has 0 aliphatic carbocycles. The van der Waals surface area contributed by atoms with Crippen molar-refractivity contribution >= 4 is 49.4 Å². The first-order valence-electron chi connectivity index (χ1n) is 18.9. The summed E-state index contributed by atoms with van der Waals surface area (Å²) in [4.78, 5) is 2.42. The molecule has 0 aliphatic rings. The van der Waals surface area contributed by atoms with Crippen molar-refractivity contribution in [1.82, 2.24) is 0 Å². The highest BCUT2D eigenvalue weighted by molar-refractivity contribution is 6.14. The molecule has 0 saturated heterocycles. The molecule has 0 aliphatic heterocycles. The maximum Gasteiger partial charge on any atom is 0.0540 e. The summed E-state index contributed by atoms with van der Waals surface area (Å²) >= 11 is 0. The number of rotatable bonds is 7. The van der Waals surface area contributed by atoms with Crippen LogP contribution in [0.15, 0.2) is 224 Å². The van der Waals surface area contributed by atoms with Crippen LogP contribution in [0.5, 0.6) is 0 Å². The molecule has 0 aromatic heterocycles. The Bertz CT molecular complexity index is 2940. The van der Waals surface area contributed by atoms with Crippen LogP contribution in [-0.2, 0) is 0 Å². The fourth-order valence-corrected chi connectivity index (χ4v) is 8.17. The Morgan fingerprint density at radius 2 is 0.727 bits per heavy atom. The summed E-state index contributed by atoms with van der Waals surface area (Å²) in [5.74, 6) is 0. The summed E-state index contributed by atoms with van der Waals surface area (Å²) in [6, 6.07) is 81.5. The van der Waals surface area contributed by atoms with Gasteiger partial charge in [-0.2, -0.15) is 0 Å². The highest BCUT2D eigenvalue weighted by atomic mass is 15.1. The van der Waals surface area contributed by atoms with E-state index in [1.54, 1.807) is 0 Å². The zero-order valence-electron chi connectivity index (χ0n) is 30.3. The molecular weight excluding hydrogens is 663 g/mol. The first-order valence-corrected chi connectivity index (χ1v) is 18.9. The van der Waals surface area contributed by atoms with Crippen molar-refractivity contribution in [2.75, 3.05) is 4.90 Å². The molecule has 0 bridgehead atoms. The lowest BCUT2D eigenvalue weighted by atomic mass is 9.92. The standard InChI is InChI=1S/C54H37N/c1-3-14-38(15-4-1)39-26-28-42(29-27-39)48-35-34-46(37-53(48)41-16-5-2-6-17-41)55(54-25-13-20-40-18-7-10-22-49(40)54)45-32-30-43(31-33-45)52-36-44-19-8-9-21-47(44)50-23-11-12-24-51(50)52/h1-37H. The molecule has 0 fully saturated rings. The summed E-state index contributed by atoms with van der Waals surface area (Å²) in [6.45, 7) is 0. The van der Waals surface area contributed by atoms with Crippen molar-refractivity contribution in [2.45, 2.75) is 0 Å². The minimum Gasteiger partial charge on any atom is -0.310 e. The van der Waals surface area contributed by atoms with Gasteiger partial charge < -0.3 is 4.90 Å². The molecule has 10 aromatic carbocycles. The van der Waals surface area contributed by atoms with Gasteiger partial charge in [-0.05, 0) is 108 Å². The predicted octanol–water partition coefficient (Wildman–Crippen LogP) is 15.3. The summed E-state index contributed by atoms with van der Waals surface area (Å²) < 4.78 is 0. The van der Waals surface area contributed by atoms with Gasteiger partial charge in [-0.3, -0.25) is 0 Å². The van der Waals surface area contributed by atoms with Crippen LogP contribution >= 0.6 is 0 Å². The van der Waals surface area contributed by atoms with Crippen molar-refractivity contribution in [3.05, 3.63) is 224 Å². The molecular formula is C54H37N. The second kappa shape index (κ2) is 14.0. The van der Waals surface area contributed by atoms with Gasteiger partial charge in [0.05, 0.1) is 5.69 Å². The Morgan fingerprint density at radius 1 is 0.236 bits per heavy atom. The van der Waals surface area contributed by atoms with Gasteiger partial charge in [0.1, 0.15) is 0 Å². The summed E-state index contributed by atoms with van der Waals surface area (Å²) in [7, 11) is 0. The Kier molecular flexibility index (Phi) is 8.24. The van der Waals surface area contributed by atoms with E-state index < -0.39 is 0 Å². The van der Waals surface area contributed by atoms with Crippen molar-refractivity contribution in [3.8, 4) is 44.5 Å². The van der Waals surface area contributed by atoms with Crippen molar-refractivity contribution in [3.63, 3.8) is 0 Å². The molecule has 0 atom stereocenters. The van der Waals surface area contributed by atoms with Crippen LogP contribution in [0.1, 0.15) is 0 Å². The van der Waals surface area contributed by atoms with Crippen molar-refractivity contribution in [1.29, 1.82) is 0 Å². The van der Waals surface area contributed by atoms with E-state index >= 15 is 0 Å². The van der Waals surface area contributed by atoms with E-state index in [2.05, 4.69) is 229 Å². The Labute approximate surface area is 322 Å². The fraction of sp³-hybridized carbons (Fsp3) is 0. The van der Waals surface area contributed by atoms with Gasteiger partial charge in [0.15, 0.2) is 0 Å². The van der Waals surface area contributed by atoms with Gasteiger partial charge in [-0.25, -0.2) is 0 Å². The van der Waals surface area contributed by atoms with Gasteiger partial charge in [-0.1, -0.05) is 188 Å². The molecule has 0 radical (unpaired) electrons. The van der Waals surface area contributed by atoms with Crippen LogP contribution < -0.4 is 4.90 Å². The quantitative estimate of drug-likeness (QED) is 0.150. The molecule has 0 spiro atoms. The van der Waals surface area contributed by atoms with Crippen molar-refractivity contribution in [2.24, 2.45) is 0 Å². The van der Waals surface area contributed by atoms with Crippen molar-refractivity contribution < 1.29 is 0 Å². The molecule has 0 unspecified atom stereocenters. The average molecular weight is 700 g/mol. The molecule has 1 nitrogen and oxygen atoms in total.